The van der Waals surface area contributed by atoms with Crippen molar-refractivity contribution in [1.29, 1.82) is 0 Å². The van der Waals surface area contributed by atoms with Gasteiger partial charge in [-0.2, -0.15) is 0 Å². The number of methoxy groups -OCH3 is 1. The molecule has 0 spiro atoms. The fourth-order valence-electron chi connectivity index (χ4n) is 1.37. The molecule has 0 unspecified atom stereocenters. The molecule has 2 rings (SSSR count). The number of rotatable bonds is 4. The fraction of sp³-hybridized carbons (Fsp3) is 0.100. The number of hydrogen-bond donors (Lipinski definition) is 1. The van der Waals surface area contributed by atoms with Crippen LogP contribution in [0.4, 0.5) is 5.13 Å². The lowest BCUT2D eigenvalue weighted by Gasteiger charge is -2.08. The largest absolute Gasteiger partial charge is 0.465 e. The van der Waals surface area contributed by atoms with Crippen LogP contribution in [-0.2, 0) is 14.8 Å². The van der Waals surface area contributed by atoms with Crippen molar-refractivity contribution >= 4 is 32.5 Å². The third kappa shape index (κ3) is 2.88. The summed E-state index contributed by atoms with van der Waals surface area (Å²) in [4.78, 5) is 11.4. The molecule has 7 nitrogen and oxygen atoms in total. The molecule has 9 heteroatoms. The minimum atomic E-state index is -3.91. The highest BCUT2D eigenvalue weighted by atomic mass is 32.2. The third-order valence-corrected chi connectivity index (χ3v) is 4.30. The highest BCUT2D eigenvalue weighted by Crippen LogP contribution is 2.20. The van der Waals surface area contributed by atoms with Crippen LogP contribution >= 0.6 is 11.3 Å². The maximum Gasteiger partial charge on any atom is 0.339 e. The zero-order valence-corrected chi connectivity index (χ0v) is 11.4. The molecule has 2 aromatic rings. The van der Waals surface area contributed by atoms with E-state index in [0.717, 1.165) is 11.3 Å². The summed E-state index contributed by atoms with van der Waals surface area (Å²) in [6.07, 6.45) is 0. The summed E-state index contributed by atoms with van der Waals surface area (Å²) in [5.41, 5.74) is 1.35. The molecule has 0 atom stereocenters. The standard InChI is InChI=1S/C10H9N3O4S2/c1-17-9(14)7-4-2-3-5-8(7)19(15,16)13-10-12-11-6-18-10/h2-6H,1H3,(H,12,13). The van der Waals surface area contributed by atoms with Crippen LogP contribution in [-0.4, -0.2) is 31.7 Å². The molecule has 0 bridgehead atoms. The minimum Gasteiger partial charge on any atom is -0.465 e. The molecule has 0 aliphatic heterocycles. The molecule has 0 fully saturated rings. The topological polar surface area (TPSA) is 98.2 Å². The first-order valence-corrected chi connectivity index (χ1v) is 7.37. The Balaban J connectivity index is 2.43. The van der Waals surface area contributed by atoms with E-state index in [1.54, 1.807) is 6.07 Å². The van der Waals surface area contributed by atoms with Gasteiger partial charge in [0.15, 0.2) is 0 Å². The predicted octanol–water partition coefficient (Wildman–Crippen LogP) is 1.13. The summed E-state index contributed by atoms with van der Waals surface area (Å²) < 4.78 is 31.1. The Kier molecular flexibility index (Phi) is 3.76. The highest BCUT2D eigenvalue weighted by molar-refractivity contribution is 7.93. The summed E-state index contributed by atoms with van der Waals surface area (Å²) in [6.45, 7) is 0. The van der Waals surface area contributed by atoms with E-state index in [1.807, 2.05) is 0 Å². The van der Waals surface area contributed by atoms with Gasteiger partial charge in [0.25, 0.3) is 10.0 Å². The number of anilines is 1. The van der Waals surface area contributed by atoms with Gasteiger partial charge in [-0.25, -0.2) is 13.2 Å². The zero-order chi connectivity index (χ0) is 13.9. The molecular weight excluding hydrogens is 290 g/mol. The molecule has 1 N–H and O–H groups in total. The van der Waals surface area contributed by atoms with Crippen molar-refractivity contribution in [3.8, 4) is 0 Å². The molecule has 19 heavy (non-hydrogen) atoms. The predicted molar refractivity (Wildman–Crippen MR) is 68.5 cm³/mol. The first kappa shape index (κ1) is 13.4. The Morgan fingerprint density at radius 1 is 1.37 bits per heavy atom. The van der Waals surface area contributed by atoms with Gasteiger partial charge in [-0.15, -0.1) is 10.2 Å². The van der Waals surface area contributed by atoms with Gasteiger partial charge in [0.1, 0.15) is 10.4 Å². The van der Waals surface area contributed by atoms with Crippen molar-refractivity contribution in [2.24, 2.45) is 0 Å². The smallest absolute Gasteiger partial charge is 0.339 e. The van der Waals surface area contributed by atoms with E-state index in [4.69, 9.17) is 0 Å². The summed E-state index contributed by atoms with van der Waals surface area (Å²) in [6, 6.07) is 5.76. The van der Waals surface area contributed by atoms with Crippen molar-refractivity contribution in [3.05, 3.63) is 35.3 Å². The zero-order valence-electron chi connectivity index (χ0n) is 9.73. The van der Waals surface area contributed by atoms with Crippen molar-refractivity contribution in [3.63, 3.8) is 0 Å². The van der Waals surface area contributed by atoms with Crippen LogP contribution in [0.1, 0.15) is 10.4 Å². The molecule has 0 aliphatic carbocycles. The summed E-state index contributed by atoms with van der Waals surface area (Å²) >= 11 is 1.04. The van der Waals surface area contributed by atoms with Crippen LogP contribution in [0, 0.1) is 0 Å². The number of hydrogen-bond acceptors (Lipinski definition) is 7. The van der Waals surface area contributed by atoms with Crippen LogP contribution in [0.25, 0.3) is 0 Å². The summed E-state index contributed by atoms with van der Waals surface area (Å²) in [7, 11) is -2.73. The number of esters is 1. The van der Waals surface area contributed by atoms with E-state index >= 15 is 0 Å². The highest BCUT2D eigenvalue weighted by Gasteiger charge is 2.23. The second-order valence-electron chi connectivity index (χ2n) is 3.34. The second-order valence-corrected chi connectivity index (χ2v) is 5.82. The molecule has 0 saturated heterocycles. The van der Waals surface area contributed by atoms with Crippen LogP contribution < -0.4 is 4.72 Å². The van der Waals surface area contributed by atoms with E-state index < -0.39 is 16.0 Å². The maximum absolute atomic E-state index is 12.2. The molecule has 100 valence electrons. The monoisotopic (exact) mass is 299 g/mol. The van der Waals surface area contributed by atoms with Gasteiger partial charge in [0.2, 0.25) is 5.13 Å². The third-order valence-electron chi connectivity index (χ3n) is 2.16. The Labute approximate surface area is 113 Å². The number of ether oxygens (including phenoxy) is 1. The Bertz CT molecular complexity index is 683. The van der Waals surface area contributed by atoms with E-state index in [-0.39, 0.29) is 15.6 Å². The van der Waals surface area contributed by atoms with Crippen LogP contribution in [0.2, 0.25) is 0 Å². The Morgan fingerprint density at radius 3 is 2.74 bits per heavy atom. The van der Waals surface area contributed by atoms with E-state index in [1.165, 1.54) is 30.8 Å². The Hall–Kier alpha value is -2.00. The van der Waals surface area contributed by atoms with E-state index in [9.17, 15) is 13.2 Å². The quantitative estimate of drug-likeness (QED) is 0.850. The molecule has 0 saturated carbocycles. The average Bonchev–Trinajstić information content (AvgIpc) is 2.90. The Morgan fingerprint density at radius 2 is 2.11 bits per heavy atom. The number of sulfonamides is 1. The summed E-state index contributed by atoms with van der Waals surface area (Å²) in [5.74, 6) is -0.724. The fourth-order valence-corrected chi connectivity index (χ4v) is 3.26. The van der Waals surface area contributed by atoms with Gasteiger partial charge in [-0.1, -0.05) is 23.5 Å². The minimum absolute atomic E-state index is 0.0398. The average molecular weight is 299 g/mol. The van der Waals surface area contributed by atoms with Gasteiger partial charge >= 0.3 is 5.97 Å². The second kappa shape index (κ2) is 5.33. The van der Waals surface area contributed by atoms with Gasteiger partial charge in [0.05, 0.1) is 12.7 Å². The van der Waals surface area contributed by atoms with Crippen molar-refractivity contribution in [2.45, 2.75) is 4.90 Å². The first-order valence-electron chi connectivity index (χ1n) is 5.01. The molecule has 1 aromatic carbocycles. The lowest BCUT2D eigenvalue weighted by Crippen LogP contribution is -2.17. The summed E-state index contributed by atoms with van der Waals surface area (Å²) in [5, 5.41) is 7.23. The van der Waals surface area contributed by atoms with Gasteiger partial charge in [-0.3, -0.25) is 4.72 Å². The number of nitrogens with one attached hydrogen (secondary N) is 1. The van der Waals surface area contributed by atoms with E-state index in [0.29, 0.717) is 0 Å². The van der Waals surface area contributed by atoms with Crippen LogP contribution in [0.3, 0.4) is 0 Å². The number of aromatic nitrogens is 2. The van der Waals surface area contributed by atoms with Crippen molar-refractivity contribution in [1.82, 2.24) is 10.2 Å². The first-order chi connectivity index (χ1) is 9.04. The SMILES string of the molecule is COC(=O)c1ccccc1S(=O)(=O)Nc1nncs1. The lowest BCUT2D eigenvalue weighted by atomic mass is 10.2. The molecule has 0 aliphatic rings. The van der Waals surface area contributed by atoms with Crippen molar-refractivity contribution < 1.29 is 17.9 Å². The number of nitrogens with zero attached hydrogens (tertiary/aromatic N) is 2. The molecule has 1 aromatic heterocycles. The molecule has 0 radical (unpaired) electrons. The molecular formula is C10H9N3O4S2. The van der Waals surface area contributed by atoms with Crippen LogP contribution in [0.5, 0.6) is 0 Å². The number of carbonyl (C=O) groups is 1. The van der Waals surface area contributed by atoms with Gasteiger partial charge < -0.3 is 4.74 Å². The molecule has 0 amide bonds. The van der Waals surface area contributed by atoms with Gasteiger partial charge in [0, 0.05) is 0 Å². The molecule has 1 heterocycles. The lowest BCUT2D eigenvalue weighted by molar-refractivity contribution is 0.0596. The van der Waals surface area contributed by atoms with E-state index in [2.05, 4.69) is 19.7 Å². The maximum atomic E-state index is 12.2. The normalized spacial score (nSPS) is 11.0. The van der Waals surface area contributed by atoms with Crippen LogP contribution in [0.15, 0.2) is 34.7 Å². The van der Waals surface area contributed by atoms with Gasteiger partial charge in [-0.05, 0) is 12.1 Å². The number of benzene rings is 1. The number of carbonyl (C=O) groups excluding carboxylic acids is 1. The van der Waals surface area contributed by atoms with Crippen molar-refractivity contribution in [2.75, 3.05) is 11.8 Å².